The van der Waals surface area contributed by atoms with Crippen LogP contribution in [0.2, 0.25) is 5.02 Å². The van der Waals surface area contributed by atoms with Crippen molar-refractivity contribution < 1.29 is 4.74 Å². The summed E-state index contributed by atoms with van der Waals surface area (Å²) in [5.74, 6) is 0.639. The maximum absolute atomic E-state index is 6.39. The summed E-state index contributed by atoms with van der Waals surface area (Å²) >= 11 is 6.39. The van der Waals surface area contributed by atoms with Crippen molar-refractivity contribution in [2.75, 3.05) is 38.8 Å². The lowest BCUT2D eigenvalue weighted by atomic mass is 10.1. The van der Waals surface area contributed by atoms with E-state index in [0.717, 1.165) is 30.3 Å². The highest BCUT2D eigenvalue weighted by Crippen LogP contribution is 2.30. The molecular formula is C15H23ClN2O. The van der Waals surface area contributed by atoms with Crippen molar-refractivity contribution in [1.82, 2.24) is 5.32 Å². The van der Waals surface area contributed by atoms with Gasteiger partial charge < -0.3 is 15.0 Å². The summed E-state index contributed by atoms with van der Waals surface area (Å²) in [7, 11) is 3.72. The van der Waals surface area contributed by atoms with E-state index in [1.54, 1.807) is 7.11 Å². The first-order valence-electron chi connectivity index (χ1n) is 6.86. The second-order valence-corrected chi connectivity index (χ2v) is 5.68. The van der Waals surface area contributed by atoms with Crippen LogP contribution in [0.25, 0.3) is 0 Å². The summed E-state index contributed by atoms with van der Waals surface area (Å²) in [6.45, 7) is 5.11. The molecule has 1 saturated heterocycles. The Labute approximate surface area is 120 Å². The van der Waals surface area contributed by atoms with Gasteiger partial charge in [-0.2, -0.15) is 0 Å². The molecule has 1 heterocycles. The average molecular weight is 283 g/mol. The van der Waals surface area contributed by atoms with Gasteiger partial charge in [0, 0.05) is 42.9 Å². The number of methoxy groups -OCH3 is 1. The summed E-state index contributed by atoms with van der Waals surface area (Å²) in [6, 6.07) is 6.66. The number of benzene rings is 1. The van der Waals surface area contributed by atoms with E-state index < -0.39 is 0 Å². The molecule has 2 unspecified atom stereocenters. The molecule has 0 spiro atoms. The van der Waals surface area contributed by atoms with Crippen LogP contribution in [0.5, 0.6) is 0 Å². The summed E-state index contributed by atoms with van der Waals surface area (Å²) in [6.07, 6.45) is 1.19. The van der Waals surface area contributed by atoms with Crippen LogP contribution < -0.4 is 10.2 Å². The Hall–Kier alpha value is -0.770. The lowest BCUT2D eigenvalue weighted by molar-refractivity contribution is 0.161. The van der Waals surface area contributed by atoms with Crippen LogP contribution in [0.3, 0.4) is 0 Å². The van der Waals surface area contributed by atoms with E-state index in [0.29, 0.717) is 5.92 Å². The van der Waals surface area contributed by atoms with Crippen LogP contribution in [0.15, 0.2) is 18.2 Å². The van der Waals surface area contributed by atoms with Gasteiger partial charge in [-0.15, -0.1) is 0 Å². The Morgan fingerprint density at radius 2 is 2.32 bits per heavy atom. The largest absolute Gasteiger partial charge is 0.384 e. The van der Waals surface area contributed by atoms with E-state index >= 15 is 0 Å². The molecule has 0 saturated carbocycles. The molecule has 1 aliphatic rings. The van der Waals surface area contributed by atoms with Gasteiger partial charge in [-0.1, -0.05) is 17.7 Å². The predicted octanol–water partition coefficient (Wildman–Crippen LogP) is 3.09. The number of hydrogen-bond acceptors (Lipinski definition) is 3. The molecule has 1 fully saturated rings. The van der Waals surface area contributed by atoms with Crippen LogP contribution in [0.4, 0.5) is 5.69 Å². The van der Waals surface area contributed by atoms with Gasteiger partial charge in [0.05, 0.1) is 6.61 Å². The summed E-state index contributed by atoms with van der Waals surface area (Å²) < 4.78 is 5.24. The first-order chi connectivity index (χ1) is 9.15. The number of nitrogens with zero attached hydrogens (tertiary/aromatic N) is 1. The number of halogens is 1. The average Bonchev–Trinajstić information content (AvgIpc) is 2.87. The normalized spacial score (nSPS) is 20.8. The van der Waals surface area contributed by atoms with Crippen molar-refractivity contribution in [2.45, 2.75) is 19.4 Å². The highest BCUT2D eigenvalue weighted by Gasteiger charge is 2.23. The van der Waals surface area contributed by atoms with Gasteiger partial charge >= 0.3 is 0 Å². The lowest BCUT2D eigenvalue weighted by Gasteiger charge is -2.21. The Morgan fingerprint density at radius 3 is 2.95 bits per heavy atom. The third-order valence-corrected chi connectivity index (χ3v) is 4.26. The molecule has 2 atom stereocenters. The van der Waals surface area contributed by atoms with E-state index in [2.05, 4.69) is 35.3 Å². The minimum Gasteiger partial charge on any atom is -0.384 e. The van der Waals surface area contributed by atoms with Crippen LogP contribution in [0.1, 0.15) is 24.9 Å². The van der Waals surface area contributed by atoms with E-state index in [9.17, 15) is 0 Å². The SMILES string of the molecule is CNC(C)c1ccc(N2CCC(COC)C2)cc1Cl. The van der Waals surface area contributed by atoms with Gasteiger partial charge in [-0.05, 0) is 38.1 Å². The third-order valence-electron chi connectivity index (χ3n) is 3.94. The Bertz CT molecular complexity index is 425. The number of ether oxygens (including phenoxy) is 1. The second-order valence-electron chi connectivity index (χ2n) is 5.27. The molecule has 4 heteroatoms. The fourth-order valence-electron chi connectivity index (χ4n) is 2.66. The molecule has 0 radical (unpaired) electrons. The zero-order valence-corrected chi connectivity index (χ0v) is 12.7. The van der Waals surface area contributed by atoms with Gasteiger partial charge in [0.2, 0.25) is 0 Å². The molecule has 0 aliphatic carbocycles. The van der Waals surface area contributed by atoms with Crippen LogP contribution in [-0.2, 0) is 4.74 Å². The molecule has 0 aromatic heterocycles. The molecule has 1 N–H and O–H groups in total. The van der Waals surface area contributed by atoms with E-state index in [1.165, 1.54) is 12.1 Å². The Kier molecular flexibility index (Phi) is 5.08. The lowest BCUT2D eigenvalue weighted by Crippen LogP contribution is -2.21. The summed E-state index contributed by atoms with van der Waals surface area (Å²) in [5.41, 5.74) is 2.37. The summed E-state index contributed by atoms with van der Waals surface area (Å²) in [4.78, 5) is 2.39. The van der Waals surface area contributed by atoms with Crippen molar-refractivity contribution in [3.05, 3.63) is 28.8 Å². The van der Waals surface area contributed by atoms with Gasteiger partial charge in [-0.25, -0.2) is 0 Å². The van der Waals surface area contributed by atoms with Gasteiger partial charge in [0.15, 0.2) is 0 Å². The second kappa shape index (κ2) is 6.60. The van der Waals surface area contributed by atoms with Crippen LogP contribution in [-0.4, -0.2) is 33.9 Å². The van der Waals surface area contributed by atoms with Crippen molar-refractivity contribution >= 4 is 17.3 Å². The maximum atomic E-state index is 6.39. The van der Waals surface area contributed by atoms with Crippen LogP contribution >= 0.6 is 11.6 Å². The zero-order chi connectivity index (χ0) is 13.8. The first-order valence-corrected chi connectivity index (χ1v) is 7.24. The fraction of sp³-hybridized carbons (Fsp3) is 0.600. The summed E-state index contributed by atoms with van der Waals surface area (Å²) in [5, 5.41) is 4.06. The topological polar surface area (TPSA) is 24.5 Å². The van der Waals surface area contributed by atoms with Gasteiger partial charge in [-0.3, -0.25) is 0 Å². The molecule has 19 heavy (non-hydrogen) atoms. The minimum absolute atomic E-state index is 0.279. The highest BCUT2D eigenvalue weighted by molar-refractivity contribution is 6.31. The molecule has 0 amide bonds. The molecule has 1 aromatic carbocycles. The maximum Gasteiger partial charge on any atom is 0.0508 e. The fourth-order valence-corrected chi connectivity index (χ4v) is 3.00. The first kappa shape index (κ1) is 14.6. The van der Waals surface area contributed by atoms with Crippen molar-refractivity contribution in [2.24, 2.45) is 5.92 Å². The van der Waals surface area contributed by atoms with Gasteiger partial charge in [0.25, 0.3) is 0 Å². The van der Waals surface area contributed by atoms with Crippen molar-refractivity contribution in [3.8, 4) is 0 Å². The number of anilines is 1. The Balaban J connectivity index is 2.08. The van der Waals surface area contributed by atoms with Crippen molar-refractivity contribution in [3.63, 3.8) is 0 Å². The van der Waals surface area contributed by atoms with E-state index in [-0.39, 0.29) is 6.04 Å². The van der Waals surface area contributed by atoms with Crippen LogP contribution in [0, 0.1) is 5.92 Å². The monoisotopic (exact) mass is 282 g/mol. The van der Waals surface area contributed by atoms with E-state index in [1.807, 2.05) is 7.05 Å². The molecule has 1 aliphatic heterocycles. The number of hydrogen-bond donors (Lipinski definition) is 1. The molecule has 106 valence electrons. The zero-order valence-electron chi connectivity index (χ0n) is 11.9. The predicted molar refractivity (Wildman–Crippen MR) is 81.1 cm³/mol. The molecule has 3 nitrogen and oxygen atoms in total. The molecular weight excluding hydrogens is 260 g/mol. The van der Waals surface area contributed by atoms with Crippen molar-refractivity contribution in [1.29, 1.82) is 0 Å². The quantitative estimate of drug-likeness (QED) is 0.898. The number of nitrogens with one attached hydrogen (secondary N) is 1. The van der Waals surface area contributed by atoms with E-state index in [4.69, 9.17) is 16.3 Å². The highest BCUT2D eigenvalue weighted by atomic mass is 35.5. The third kappa shape index (κ3) is 3.41. The number of rotatable bonds is 5. The Morgan fingerprint density at radius 1 is 1.53 bits per heavy atom. The molecule has 2 rings (SSSR count). The van der Waals surface area contributed by atoms with Gasteiger partial charge in [0.1, 0.15) is 0 Å². The minimum atomic E-state index is 0.279. The molecule has 0 bridgehead atoms. The standard InChI is InChI=1S/C15H23ClN2O/c1-11(17-2)14-5-4-13(8-15(14)16)18-7-6-12(9-18)10-19-3/h4-5,8,11-12,17H,6-7,9-10H2,1-3H3. The smallest absolute Gasteiger partial charge is 0.0508 e. The molecule has 1 aromatic rings.